The molecule has 2 aromatic rings. The van der Waals surface area contributed by atoms with Gasteiger partial charge in [0.15, 0.2) is 11.4 Å². The van der Waals surface area contributed by atoms with Crippen LogP contribution in [0.3, 0.4) is 0 Å². The van der Waals surface area contributed by atoms with Crippen molar-refractivity contribution in [3.8, 4) is 5.75 Å². The summed E-state index contributed by atoms with van der Waals surface area (Å²) in [5.41, 5.74) is 4.89. The molecule has 0 heterocycles. The average molecular weight is 528 g/mol. The summed E-state index contributed by atoms with van der Waals surface area (Å²) in [4.78, 5) is 19.2. The minimum absolute atomic E-state index is 0.0190. The quantitative estimate of drug-likeness (QED) is 0.330. The average Bonchev–Trinajstić information content (AvgIpc) is 2.85. The third-order valence-corrected chi connectivity index (χ3v) is 4.33. The van der Waals surface area contributed by atoms with Crippen molar-refractivity contribution in [3.05, 3.63) is 65.2 Å². The Labute approximate surface area is 215 Å². The molecular weight excluding hydrogens is 491 g/mol. The lowest BCUT2D eigenvalue weighted by molar-refractivity contribution is -0.152. The largest absolute Gasteiger partial charge is 0.478 e. The zero-order valence-electron chi connectivity index (χ0n) is 22.0. The van der Waals surface area contributed by atoms with Crippen LogP contribution in [0.2, 0.25) is 0 Å². The molecule has 0 saturated carbocycles. The summed E-state index contributed by atoms with van der Waals surface area (Å²) < 4.78 is 49.0. The predicted octanol–water partition coefficient (Wildman–Crippen LogP) is 4.92. The molecule has 0 aliphatic rings. The van der Waals surface area contributed by atoms with E-state index in [9.17, 15) is 18.0 Å². The number of amidine groups is 2. The Kier molecular flexibility index (Phi) is 14.8. The van der Waals surface area contributed by atoms with E-state index in [4.69, 9.17) is 25.4 Å². The minimum Gasteiger partial charge on any atom is -0.478 e. The number of aliphatic imine (C=N–C) groups is 2. The number of hydrogen-bond donors (Lipinski definition) is 3. The molecule has 0 amide bonds. The van der Waals surface area contributed by atoms with Gasteiger partial charge >= 0.3 is 12.1 Å². The maximum absolute atomic E-state index is 12.7. The van der Waals surface area contributed by atoms with Gasteiger partial charge < -0.3 is 25.4 Å². The second kappa shape index (κ2) is 16.3. The molecule has 0 aliphatic carbocycles. The fourth-order valence-electron chi connectivity index (χ4n) is 2.43. The highest BCUT2D eigenvalue weighted by Crippen LogP contribution is 2.29. The van der Waals surface area contributed by atoms with E-state index in [-0.39, 0.29) is 31.5 Å². The molecule has 2 aromatic carbocycles. The van der Waals surface area contributed by atoms with Gasteiger partial charge in [-0.2, -0.15) is 13.2 Å². The van der Waals surface area contributed by atoms with Crippen LogP contribution in [0.4, 0.5) is 13.2 Å². The first-order chi connectivity index (χ1) is 17.3. The number of ether oxygens (including phenoxy) is 2. The Hall–Kier alpha value is -3.44. The van der Waals surface area contributed by atoms with Crippen LogP contribution < -0.4 is 10.5 Å². The number of rotatable bonds is 8. The van der Waals surface area contributed by atoms with Crippen molar-refractivity contribution in [2.75, 3.05) is 20.3 Å². The summed E-state index contributed by atoms with van der Waals surface area (Å²) in [6, 6.07) is 11.1. The van der Waals surface area contributed by atoms with Crippen molar-refractivity contribution in [2.45, 2.75) is 53.0 Å². The van der Waals surface area contributed by atoms with E-state index in [2.05, 4.69) is 9.98 Å². The Morgan fingerprint density at radius 2 is 1.54 bits per heavy atom. The van der Waals surface area contributed by atoms with Crippen LogP contribution in [0.1, 0.15) is 51.3 Å². The number of halogens is 3. The molecule has 0 spiro atoms. The normalized spacial score (nSPS) is 12.1. The van der Waals surface area contributed by atoms with Gasteiger partial charge in [-0.3, -0.25) is 4.99 Å². The van der Waals surface area contributed by atoms with E-state index in [1.54, 1.807) is 31.2 Å². The van der Waals surface area contributed by atoms with Crippen LogP contribution >= 0.6 is 0 Å². The lowest BCUT2D eigenvalue weighted by Gasteiger charge is -2.21. The van der Waals surface area contributed by atoms with Crippen LogP contribution in [0.25, 0.3) is 0 Å². The highest BCUT2D eigenvalue weighted by atomic mass is 19.4. The maximum Gasteiger partial charge on any atom is 0.416 e. The van der Waals surface area contributed by atoms with E-state index in [0.29, 0.717) is 11.3 Å². The van der Waals surface area contributed by atoms with Crippen LogP contribution in [0, 0.1) is 0 Å². The molecule has 0 atom stereocenters. The van der Waals surface area contributed by atoms with Gasteiger partial charge in [-0.05, 0) is 50.6 Å². The van der Waals surface area contributed by atoms with Crippen LogP contribution in [-0.2, 0) is 22.3 Å². The summed E-state index contributed by atoms with van der Waals surface area (Å²) in [6.07, 6.45) is -4.43. The lowest BCUT2D eigenvalue weighted by Crippen LogP contribution is -2.37. The molecule has 206 valence electrons. The summed E-state index contributed by atoms with van der Waals surface area (Å²) in [6.45, 7) is 9.09. The summed E-state index contributed by atoms with van der Waals surface area (Å²) in [5, 5.41) is 16.7. The monoisotopic (exact) mass is 527 g/mol. The highest BCUT2D eigenvalue weighted by molar-refractivity contribution is 6.05. The molecule has 11 heteroatoms. The van der Waals surface area contributed by atoms with Gasteiger partial charge in [0.25, 0.3) is 0 Å². The summed E-state index contributed by atoms with van der Waals surface area (Å²) >= 11 is 0. The number of hydrogen-bond acceptors (Lipinski definition) is 5. The Morgan fingerprint density at radius 1 is 1.03 bits per heavy atom. The molecule has 0 bridgehead atoms. The highest BCUT2D eigenvalue weighted by Gasteiger charge is 2.30. The summed E-state index contributed by atoms with van der Waals surface area (Å²) in [7, 11) is 1.50. The number of benzene rings is 2. The molecule has 0 aromatic heterocycles. The van der Waals surface area contributed by atoms with E-state index in [1.807, 2.05) is 13.8 Å². The molecule has 0 unspecified atom stereocenters. The standard InChI is InChI=1S/C22H24F3N3O4.C2H6O.C2H6/c1-21(2,20(29)30)32-17-10-4-14(5-11-17)12-31-13-18(27-3)28-19(26)15-6-8-16(9-7-15)22(23,24)25;1-2-3;1-2/h4-11H,12-13H2,1-3H3,(H,29,30)(H2,26,27,28);3H,2H2,1H3;1-2H3. The first-order valence-corrected chi connectivity index (χ1v) is 11.5. The molecule has 0 saturated heterocycles. The number of aliphatic hydroxyl groups excluding tert-OH is 1. The number of carboxylic acids is 1. The number of aliphatic carboxylic acids is 1. The van der Waals surface area contributed by atoms with Gasteiger partial charge in [0.2, 0.25) is 0 Å². The lowest BCUT2D eigenvalue weighted by atomic mass is 10.1. The molecule has 37 heavy (non-hydrogen) atoms. The Bertz CT molecular complexity index is 1000. The van der Waals surface area contributed by atoms with Crippen molar-refractivity contribution >= 4 is 17.6 Å². The molecule has 0 radical (unpaired) electrons. The zero-order valence-corrected chi connectivity index (χ0v) is 22.0. The van der Waals surface area contributed by atoms with Crippen molar-refractivity contribution < 1.29 is 37.7 Å². The number of carboxylic acid groups (broad SMARTS) is 1. The number of aliphatic hydroxyl groups is 1. The van der Waals surface area contributed by atoms with Crippen molar-refractivity contribution in [2.24, 2.45) is 15.7 Å². The fraction of sp³-hybridized carbons (Fsp3) is 0.423. The first-order valence-electron chi connectivity index (χ1n) is 11.5. The maximum atomic E-state index is 12.7. The second-order valence-corrected chi connectivity index (χ2v) is 7.58. The third-order valence-electron chi connectivity index (χ3n) is 4.33. The molecule has 8 nitrogen and oxygen atoms in total. The predicted molar refractivity (Wildman–Crippen MR) is 138 cm³/mol. The number of nitrogens with two attached hydrogens (primary N) is 1. The summed E-state index contributed by atoms with van der Waals surface area (Å²) in [5.74, 6) is -0.380. The molecule has 0 fully saturated rings. The Morgan fingerprint density at radius 3 is 1.97 bits per heavy atom. The van der Waals surface area contributed by atoms with E-state index < -0.39 is 23.3 Å². The van der Waals surface area contributed by atoms with Crippen LogP contribution in [-0.4, -0.2) is 53.7 Å². The van der Waals surface area contributed by atoms with E-state index in [0.717, 1.165) is 17.7 Å². The van der Waals surface area contributed by atoms with E-state index >= 15 is 0 Å². The van der Waals surface area contributed by atoms with Gasteiger partial charge in [-0.1, -0.05) is 38.1 Å². The van der Waals surface area contributed by atoms with Gasteiger partial charge in [-0.15, -0.1) is 0 Å². The minimum atomic E-state index is -4.43. The van der Waals surface area contributed by atoms with Gasteiger partial charge in [0.05, 0.1) is 12.2 Å². The number of carbonyl (C=O) groups is 1. The Balaban J connectivity index is 0.00000241. The fourth-order valence-corrected chi connectivity index (χ4v) is 2.43. The van der Waals surface area contributed by atoms with E-state index in [1.165, 1.54) is 33.0 Å². The molecular formula is C26H36F3N3O5. The van der Waals surface area contributed by atoms with Gasteiger partial charge in [0.1, 0.15) is 18.2 Å². The number of nitrogens with zero attached hydrogens (tertiary/aromatic N) is 2. The third kappa shape index (κ3) is 12.4. The van der Waals surface area contributed by atoms with Crippen LogP contribution in [0.15, 0.2) is 58.5 Å². The van der Waals surface area contributed by atoms with Gasteiger partial charge in [-0.25, -0.2) is 9.79 Å². The second-order valence-electron chi connectivity index (χ2n) is 7.58. The van der Waals surface area contributed by atoms with Crippen molar-refractivity contribution in [3.63, 3.8) is 0 Å². The topological polar surface area (TPSA) is 127 Å². The molecule has 2 rings (SSSR count). The number of alkyl halides is 3. The SMILES string of the molecule is CC.CCO.CN=C(COCc1ccc(OC(C)(C)C(=O)O)cc1)N=C(N)c1ccc(C(F)(F)F)cc1. The zero-order chi connectivity index (χ0) is 28.6. The van der Waals surface area contributed by atoms with Crippen molar-refractivity contribution in [1.29, 1.82) is 0 Å². The molecule has 4 N–H and O–H groups in total. The van der Waals surface area contributed by atoms with Crippen LogP contribution in [0.5, 0.6) is 5.75 Å². The first kappa shape index (κ1) is 33.6. The smallest absolute Gasteiger partial charge is 0.416 e. The molecule has 0 aliphatic heterocycles. The van der Waals surface area contributed by atoms with Crippen molar-refractivity contribution in [1.82, 2.24) is 0 Å². The van der Waals surface area contributed by atoms with Gasteiger partial charge in [0, 0.05) is 19.2 Å².